The molecule has 0 bridgehead atoms. The fourth-order valence-corrected chi connectivity index (χ4v) is 4.45. The smallest absolute Gasteiger partial charge is 0.257 e. The third-order valence-corrected chi connectivity index (χ3v) is 6.49. The molecule has 12 heteroatoms. The van der Waals surface area contributed by atoms with Crippen molar-refractivity contribution >= 4 is 67.4 Å². The van der Waals surface area contributed by atoms with Crippen LogP contribution in [-0.4, -0.2) is 39.9 Å². The van der Waals surface area contributed by atoms with Gasteiger partial charge in [0.25, 0.3) is 5.91 Å². The number of anilines is 4. The van der Waals surface area contributed by atoms with Gasteiger partial charge in [-0.1, -0.05) is 17.7 Å². The molecule has 1 amide bonds. The van der Waals surface area contributed by atoms with E-state index in [0.29, 0.717) is 33.6 Å². The first-order valence-corrected chi connectivity index (χ1v) is 12.7. The highest BCUT2D eigenvalue weighted by atomic mass is 35.5. The van der Waals surface area contributed by atoms with Crippen LogP contribution in [0.25, 0.3) is 0 Å². The van der Waals surface area contributed by atoms with Crippen LogP contribution in [-0.2, 0) is 9.84 Å². The van der Waals surface area contributed by atoms with Crippen molar-refractivity contribution in [3.05, 3.63) is 65.2 Å². The van der Waals surface area contributed by atoms with Crippen molar-refractivity contribution < 1.29 is 22.7 Å². The van der Waals surface area contributed by atoms with E-state index in [9.17, 15) is 13.2 Å². The number of hydrogen-bond acceptors (Lipinski definition) is 7. The normalized spacial score (nSPS) is 10.9. The maximum atomic E-state index is 12.6. The van der Waals surface area contributed by atoms with Gasteiger partial charge in [-0.3, -0.25) is 4.79 Å². The van der Waals surface area contributed by atoms with E-state index in [-0.39, 0.29) is 21.3 Å². The van der Waals surface area contributed by atoms with Gasteiger partial charge in [-0.05, 0) is 54.7 Å². The number of sulfone groups is 1. The van der Waals surface area contributed by atoms with Crippen LogP contribution in [0.5, 0.6) is 11.5 Å². The lowest BCUT2D eigenvalue weighted by Gasteiger charge is -2.15. The third kappa shape index (κ3) is 6.32. The van der Waals surface area contributed by atoms with Gasteiger partial charge in [0.05, 0.1) is 41.1 Å². The summed E-state index contributed by atoms with van der Waals surface area (Å²) in [6, 6.07) is 14.3. The quantitative estimate of drug-likeness (QED) is 0.257. The number of thiocarbonyl (C=S) groups is 1. The lowest BCUT2D eigenvalue weighted by atomic mass is 10.1. The van der Waals surface area contributed by atoms with E-state index in [1.807, 2.05) is 0 Å². The summed E-state index contributed by atoms with van der Waals surface area (Å²) in [5.41, 5.74) is 7.56. The molecule has 3 aromatic rings. The van der Waals surface area contributed by atoms with Crippen LogP contribution in [0.3, 0.4) is 0 Å². The maximum absolute atomic E-state index is 12.6. The van der Waals surface area contributed by atoms with Crippen molar-refractivity contribution in [2.75, 3.05) is 42.2 Å². The average molecular weight is 535 g/mol. The Bertz CT molecular complexity index is 1380. The summed E-state index contributed by atoms with van der Waals surface area (Å²) in [6.45, 7) is 0. The molecule has 0 saturated carbocycles. The van der Waals surface area contributed by atoms with Crippen LogP contribution in [0.4, 0.5) is 22.7 Å². The molecule has 0 atom stereocenters. The Morgan fingerprint density at radius 2 is 1.54 bits per heavy atom. The van der Waals surface area contributed by atoms with Crippen molar-refractivity contribution in [3.8, 4) is 11.5 Å². The number of carbonyl (C=O) groups excluding carboxylic acids is 1. The lowest BCUT2D eigenvalue weighted by Crippen LogP contribution is -2.19. The molecule has 0 aromatic heterocycles. The molecular formula is C23H23ClN4O5S2. The van der Waals surface area contributed by atoms with E-state index >= 15 is 0 Å². The molecule has 0 fully saturated rings. The minimum Gasteiger partial charge on any atom is -0.495 e. The molecule has 9 nitrogen and oxygen atoms in total. The van der Waals surface area contributed by atoms with E-state index in [1.165, 1.54) is 32.4 Å². The minimum absolute atomic E-state index is 0.0626. The van der Waals surface area contributed by atoms with Gasteiger partial charge >= 0.3 is 0 Å². The number of carbonyl (C=O) groups is 1. The Hall–Kier alpha value is -3.54. The predicted molar refractivity (Wildman–Crippen MR) is 143 cm³/mol. The average Bonchev–Trinajstić information content (AvgIpc) is 2.79. The number of amides is 1. The summed E-state index contributed by atoms with van der Waals surface area (Å²) in [5, 5.41) is 9.41. The van der Waals surface area contributed by atoms with Gasteiger partial charge in [0, 0.05) is 23.7 Å². The number of nitrogens with one attached hydrogen (secondary N) is 3. The molecule has 0 aliphatic carbocycles. The summed E-state index contributed by atoms with van der Waals surface area (Å²) in [5.74, 6) is 0.428. The summed E-state index contributed by atoms with van der Waals surface area (Å²) >= 11 is 11.6. The van der Waals surface area contributed by atoms with Gasteiger partial charge in [0.2, 0.25) is 0 Å². The number of benzene rings is 3. The molecule has 0 heterocycles. The zero-order valence-electron chi connectivity index (χ0n) is 19.0. The Labute approximate surface area is 213 Å². The van der Waals surface area contributed by atoms with Crippen LogP contribution in [0.15, 0.2) is 59.5 Å². The maximum Gasteiger partial charge on any atom is 0.257 e. The van der Waals surface area contributed by atoms with Gasteiger partial charge < -0.3 is 31.2 Å². The Kier molecular flexibility index (Phi) is 8.05. The molecule has 0 saturated heterocycles. The highest BCUT2D eigenvalue weighted by Gasteiger charge is 2.18. The lowest BCUT2D eigenvalue weighted by molar-refractivity contribution is 0.102. The molecule has 5 N–H and O–H groups in total. The Morgan fingerprint density at radius 3 is 2.11 bits per heavy atom. The van der Waals surface area contributed by atoms with E-state index < -0.39 is 15.7 Å². The molecule has 3 rings (SSSR count). The molecule has 0 aliphatic heterocycles. The molecule has 35 heavy (non-hydrogen) atoms. The number of methoxy groups -OCH3 is 2. The second kappa shape index (κ2) is 10.8. The highest BCUT2D eigenvalue weighted by Crippen LogP contribution is 2.36. The molecule has 0 radical (unpaired) electrons. The van der Waals surface area contributed by atoms with E-state index in [0.717, 1.165) is 6.26 Å². The number of hydrogen-bond donors (Lipinski definition) is 4. The molecule has 184 valence electrons. The second-order valence-corrected chi connectivity index (χ2v) is 10.1. The van der Waals surface area contributed by atoms with Gasteiger partial charge in [0.15, 0.2) is 14.9 Å². The number of nitrogen functional groups attached to an aromatic ring is 1. The molecular weight excluding hydrogens is 512 g/mol. The van der Waals surface area contributed by atoms with E-state index in [1.54, 1.807) is 36.4 Å². The summed E-state index contributed by atoms with van der Waals surface area (Å²) < 4.78 is 34.2. The number of nitrogens with two attached hydrogens (primary N) is 1. The fraction of sp³-hybridized carbons (Fsp3) is 0.130. The first-order chi connectivity index (χ1) is 16.5. The fourth-order valence-electron chi connectivity index (χ4n) is 3.14. The van der Waals surface area contributed by atoms with E-state index in [4.69, 9.17) is 39.0 Å². The number of para-hydroxylation sites is 1. The molecule has 0 spiro atoms. The Balaban J connectivity index is 1.68. The highest BCUT2D eigenvalue weighted by molar-refractivity contribution is 7.90. The zero-order valence-corrected chi connectivity index (χ0v) is 21.4. The van der Waals surface area contributed by atoms with Crippen molar-refractivity contribution in [1.82, 2.24) is 0 Å². The van der Waals surface area contributed by atoms with Gasteiger partial charge in [-0.25, -0.2) is 8.42 Å². The monoisotopic (exact) mass is 534 g/mol. The summed E-state index contributed by atoms with van der Waals surface area (Å²) in [4.78, 5) is 12.6. The topological polar surface area (TPSA) is 132 Å². The number of halogens is 1. The number of ether oxygens (including phenoxy) is 2. The van der Waals surface area contributed by atoms with Crippen molar-refractivity contribution in [2.45, 2.75) is 4.90 Å². The van der Waals surface area contributed by atoms with Crippen molar-refractivity contribution in [1.29, 1.82) is 0 Å². The third-order valence-electron chi connectivity index (χ3n) is 4.83. The number of rotatable bonds is 7. The SMILES string of the molecule is COc1cc(OC)c(NC(=S)Nc2ccc(NC(=O)c3cccc(S(C)(=O)=O)c3N)cc2)cc1Cl. The summed E-state index contributed by atoms with van der Waals surface area (Å²) in [6.07, 6.45) is 1.03. The van der Waals surface area contributed by atoms with Crippen molar-refractivity contribution in [3.63, 3.8) is 0 Å². The van der Waals surface area contributed by atoms with Crippen LogP contribution in [0, 0.1) is 0 Å². The minimum atomic E-state index is -3.57. The predicted octanol–water partition coefficient (Wildman–Crippen LogP) is 4.40. The molecule has 0 aliphatic rings. The van der Waals surface area contributed by atoms with Crippen LogP contribution < -0.4 is 31.2 Å². The first kappa shape index (κ1) is 26.1. The van der Waals surface area contributed by atoms with Crippen LogP contribution in [0.1, 0.15) is 10.4 Å². The zero-order chi connectivity index (χ0) is 25.8. The summed E-state index contributed by atoms with van der Waals surface area (Å²) in [7, 11) is -0.542. The standard InChI is InChI=1S/C23H23ClN4O5S2/c1-32-18-12-19(33-2)17(11-16(18)24)28-23(34)27-14-9-7-13(8-10-14)26-22(29)15-5-4-6-20(21(15)25)35(3,30)31/h4-12H,25H2,1-3H3,(H,26,29)(H2,27,28,34). The van der Waals surface area contributed by atoms with Gasteiger partial charge in [-0.15, -0.1) is 0 Å². The van der Waals surface area contributed by atoms with Crippen LogP contribution >= 0.6 is 23.8 Å². The molecule has 0 unspecified atom stereocenters. The largest absolute Gasteiger partial charge is 0.495 e. The van der Waals surface area contributed by atoms with Crippen molar-refractivity contribution in [2.24, 2.45) is 0 Å². The van der Waals surface area contributed by atoms with Gasteiger partial charge in [0.1, 0.15) is 11.5 Å². The van der Waals surface area contributed by atoms with Crippen LogP contribution in [0.2, 0.25) is 5.02 Å². The Morgan fingerprint density at radius 1 is 0.943 bits per heavy atom. The second-order valence-electron chi connectivity index (χ2n) is 7.29. The first-order valence-electron chi connectivity index (χ1n) is 10.0. The molecule has 3 aromatic carbocycles. The van der Waals surface area contributed by atoms with E-state index in [2.05, 4.69) is 16.0 Å². The van der Waals surface area contributed by atoms with Gasteiger partial charge in [-0.2, -0.15) is 0 Å².